The van der Waals surface area contributed by atoms with E-state index in [9.17, 15) is 23.1 Å². The van der Waals surface area contributed by atoms with Crippen molar-refractivity contribution >= 4 is 40.4 Å². The van der Waals surface area contributed by atoms with Crippen molar-refractivity contribution in [2.24, 2.45) is 16.8 Å². The summed E-state index contributed by atoms with van der Waals surface area (Å²) >= 11 is 0. The van der Waals surface area contributed by atoms with Gasteiger partial charge in [-0.3, -0.25) is 20.3 Å². The monoisotopic (exact) mass is 539 g/mol. The van der Waals surface area contributed by atoms with Gasteiger partial charge in [0.15, 0.2) is 0 Å². The minimum atomic E-state index is -4.32. The number of ketones is 1. The highest BCUT2D eigenvalue weighted by atomic mass is 35.5. The first-order valence-electron chi connectivity index (χ1n) is 10.9. The molecular weight excluding hydrogens is 510 g/mol. The first-order valence-corrected chi connectivity index (χ1v) is 12.3. The van der Waals surface area contributed by atoms with Crippen molar-refractivity contribution in [1.29, 1.82) is 0 Å². The maximum Gasteiger partial charge on any atom is 0.324 e. The van der Waals surface area contributed by atoms with Crippen LogP contribution in [0.25, 0.3) is 0 Å². The molecule has 0 radical (unpaired) electrons. The molecule has 0 spiro atoms. The summed E-state index contributed by atoms with van der Waals surface area (Å²) in [4.78, 5) is 30.2. The van der Waals surface area contributed by atoms with Crippen molar-refractivity contribution in [3.63, 3.8) is 0 Å². The van der Waals surface area contributed by atoms with E-state index in [-0.39, 0.29) is 34.2 Å². The van der Waals surface area contributed by atoms with E-state index >= 15 is 0 Å². The van der Waals surface area contributed by atoms with Gasteiger partial charge >= 0.3 is 5.97 Å². The van der Waals surface area contributed by atoms with E-state index in [4.69, 9.17) is 16.5 Å². The van der Waals surface area contributed by atoms with Gasteiger partial charge in [0, 0.05) is 19.9 Å². The molecule has 3 atom stereocenters. The van der Waals surface area contributed by atoms with Gasteiger partial charge in [0.05, 0.1) is 23.3 Å². The number of aryl methyl sites for hydroxylation is 1. The van der Waals surface area contributed by atoms with Crippen LogP contribution in [0.3, 0.4) is 0 Å². The van der Waals surface area contributed by atoms with Gasteiger partial charge in [0.2, 0.25) is 0 Å². The van der Waals surface area contributed by atoms with Gasteiger partial charge in [0.1, 0.15) is 11.8 Å². The minimum Gasteiger partial charge on any atom is -0.480 e. The number of nitrogens with zero attached hydrogens (tertiary/aromatic N) is 3. The molecule has 1 aliphatic heterocycles. The van der Waals surface area contributed by atoms with Crippen LogP contribution in [0.5, 0.6) is 0 Å². The second kappa shape index (κ2) is 12.4. The standard InChI is InChI=1S/C23H29N5O6S.ClH/c1-15-4-3-5-20(10-15)35(32,33)28(25)22(23(30)31)12-18(29)11-19-13-21(27(2)34-19)17-8-6-16(7-9-17)14-26-24;/h3-10,14,19,21-22H,11-13,24-25H2,1-2H3,(H,30,31);1H/t19-,21-,22+;/m1./s1. The van der Waals surface area contributed by atoms with E-state index in [0.29, 0.717) is 12.0 Å². The topological polar surface area (TPSA) is 169 Å². The summed E-state index contributed by atoms with van der Waals surface area (Å²) in [7, 11) is -2.57. The van der Waals surface area contributed by atoms with Gasteiger partial charge < -0.3 is 10.9 Å². The Bertz CT molecular complexity index is 1210. The number of hydrazone groups is 1. The number of carbonyl (C=O) groups is 2. The first kappa shape index (κ1) is 29.4. The predicted octanol–water partition coefficient (Wildman–Crippen LogP) is 1.75. The maximum atomic E-state index is 12.8. The van der Waals surface area contributed by atoms with E-state index < -0.39 is 40.3 Å². The minimum absolute atomic E-state index is 0. The molecule has 1 fully saturated rings. The highest BCUT2D eigenvalue weighted by Crippen LogP contribution is 2.34. The predicted molar refractivity (Wildman–Crippen MR) is 136 cm³/mol. The van der Waals surface area contributed by atoms with Gasteiger partial charge in [-0.25, -0.2) is 8.42 Å². The summed E-state index contributed by atoms with van der Waals surface area (Å²) in [5.41, 5.74) is 2.48. The van der Waals surface area contributed by atoms with Crippen molar-refractivity contribution in [1.82, 2.24) is 9.48 Å². The largest absolute Gasteiger partial charge is 0.480 e. The molecule has 196 valence electrons. The summed E-state index contributed by atoms with van der Waals surface area (Å²) in [6.07, 6.45) is 0.868. The van der Waals surface area contributed by atoms with E-state index in [0.717, 1.165) is 11.1 Å². The molecule has 1 aliphatic rings. The Morgan fingerprint density at radius 2 is 1.94 bits per heavy atom. The summed E-state index contributed by atoms with van der Waals surface area (Å²) in [5.74, 6) is 8.93. The van der Waals surface area contributed by atoms with Gasteiger partial charge in [-0.2, -0.15) is 10.2 Å². The maximum absolute atomic E-state index is 12.8. The molecule has 1 saturated heterocycles. The smallest absolute Gasteiger partial charge is 0.324 e. The molecule has 5 N–H and O–H groups in total. The van der Waals surface area contributed by atoms with E-state index in [2.05, 4.69) is 5.10 Å². The third-order valence-corrected chi connectivity index (χ3v) is 7.48. The second-order valence-corrected chi connectivity index (χ2v) is 10.3. The molecular formula is C23H30ClN5O6S. The number of halogens is 1. The fourth-order valence-electron chi connectivity index (χ4n) is 4.01. The second-order valence-electron chi connectivity index (χ2n) is 8.42. The van der Waals surface area contributed by atoms with E-state index in [1.807, 2.05) is 24.3 Å². The fourth-order valence-corrected chi connectivity index (χ4v) is 5.34. The number of carboxylic acid groups (broad SMARTS) is 1. The summed E-state index contributed by atoms with van der Waals surface area (Å²) in [6, 6.07) is 11.6. The molecule has 2 aromatic carbocycles. The number of hydrogen-bond acceptors (Lipinski definition) is 9. The number of aliphatic carboxylic acids is 1. The number of hydrazine groups is 1. The lowest BCUT2D eigenvalue weighted by Crippen LogP contribution is -2.50. The van der Waals surface area contributed by atoms with Crippen molar-refractivity contribution in [2.75, 3.05) is 7.05 Å². The van der Waals surface area contributed by atoms with Gasteiger partial charge in [-0.1, -0.05) is 36.4 Å². The highest BCUT2D eigenvalue weighted by molar-refractivity contribution is 7.89. The Kier molecular flexibility index (Phi) is 10.1. The summed E-state index contributed by atoms with van der Waals surface area (Å²) in [5, 5.41) is 14.8. The van der Waals surface area contributed by atoms with Crippen molar-refractivity contribution in [2.45, 2.75) is 49.3 Å². The van der Waals surface area contributed by atoms with Crippen molar-refractivity contribution in [3.8, 4) is 0 Å². The zero-order valence-electron chi connectivity index (χ0n) is 19.9. The van der Waals surface area contributed by atoms with Gasteiger partial charge in [-0.15, -0.1) is 16.8 Å². The summed E-state index contributed by atoms with van der Waals surface area (Å²) < 4.78 is 25.9. The van der Waals surface area contributed by atoms with Crippen LogP contribution in [0.2, 0.25) is 0 Å². The molecule has 13 heteroatoms. The van der Waals surface area contributed by atoms with Crippen molar-refractivity contribution in [3.05, 3.63) is 65.2 Å². The fraction of sp³-hybridized carbons (Fsp3) is 0.348. The van der Waals surface area contributed by atoms with Crippen LogP contribution < -0.4 is 11.7 Å². The normalized spacial score (nSPS) is 19.3. The van der Waals surface area contributed by atoms with Crippen LogP contribution in [0, 0.1) is 6.92 Å². The molecule has 0 saturated carbocycles. The molecule has 0 aliphatic carbocycles. The third kappa shape index (κ3) is 6.87. The van der Waals surface area contributed by atoms with Crippen LogP contribution in [-0.2, 0) is 24.4 Å². The molecule has 11 nitrogen and oxygen atoms in total. The SMILES string of the molecule is Cc1cccc(S(=O)(=O)N(N)[C@@H](CC(=O)C[C@@H]2C[C@H](c3ccc(C=NN)cc3)N(C)O2)C(=O)O)c1.Cl. The van der Waals surface area contributed by atoms with Crippen LogP contribution in [0.4, 0.5) is 0 Å². The molecule has 0 unspecified atom stereocenters. The molecule has 2 aromatic rings. The zero-order chi connectivity index (χ0) is 25.8. The Labute approximate surface area is 216 Å². The zero-order valence-corrected chi connectivity index (χ0v) is 21.5. The highest BCUT2D eigenvalue weighted by Gasteiger charge is 2.38. The molecule has 0 bridgehead atoms. The number of Topliss-reactive ketones (excluding diaryl/α,β-unsaturated/α-hetero) is 1. The number of rotatable bonds is 10. The molecule has 36 heavy (non-hydrogen) atoms. The Morgan fingerprint density at radius 1 is 1.28 bits per heavy atom. The molecule has 0 amide bonds. The van der Waals surface area contributed by atoms with Gasteiger partial charge in [0.25, 0.3) is 10.0 Å². The van der Waals surface area contributed by atoms with Crippen LogP contribution in [0.1, 0.15) is 42.0 Å². The Balaban J connectivity index is 0.00000456. The number of benzene rings is 2. The Morgan fingerprint density at radius 3 is 2.53 bits per heavy atom. The number of carboxylic acids is 1. The van der Waals surface area contributed by atoms with Gasteiger partial charge in [-0.05, 0) is 42.2 Å². The first-order chi connectivity index (χ1) is 16.5. The number of nitrogens with two attached hydrogens (primary N) is 2. The Hall–Kier alpha value is -2.87. The number of hydrogen-bond donors (Lipinski definition) is 3. The number of sulfonamides is 1. The summed E-state index contributed by atoms with van der Waals surface area (Å²) in [6.45, 7) is 1.70. The third-order valence-electron chi connectivity index (χ3n) is 5.82. The number of hydroxylamine groups is 2. The van der Waals surface area contributed by atoms with Crippen molar-refractivity contribution < 1.29 is 28.0 Å². The average molecular weight is 540 g/mol. The van der Waals surface area contributed by atoms with E-state index in [1.54, 1.807) is 25.1 Å². The van der Waals surface area contributed by atoms with E-state index in [1.165, 1.54) is 24.4 Å². The van der Waals surface area contributed by atoms with Crippen LogP contribution in [-0.4, -0.2) is 60.2 Å². The molecule has 1 heterocycles. The average Bonchev–Trinajstić information content (AvgIpc) is 3.17. The lowest BCUT2D eigenvalue weighted by Gasteiger charge is -2.23. The molecule has 0 aromatic heterocycles. The lowest BCUT2D eigenvalue weighted by molar-refractivity contribution is -0.153. The number of carbonyl (C=O) groups excluding carboxylic acids is 1. The molecule has 3 rings (SSSR count). The van der Waals surface area contributed by atoms with Crippen LogP contribution >= 0.6 is 12.4 Å². The van der Waals surface area contributed by atoms with Crippen LogP contribution in [0.15, 0.2) is 58.5 Å². The lowest BCUT2D eigenvalue weighted by atomic mass is 9.97. The quantitative estimate of drug-likeness (QED) is 0.231.